The van der Waals surface area contributed by atoms with Crippen molar-refractivity contribution in [2.24, 2.45) is 11.5 Å². The van der Waals surface area contributed by atoms with E-state index in [4.69, 9.17) is 16.2 Å². The van der Waals surface area contributed by atoms with Crippen LogP contribution >= 0.6 is 0 Å². The van der Waals surface area contributed by atoms with Crippen LogP contribution in [0.15, 0.2) is 18.2 Å². The molecule has 1 aliphatic heterocycles. The van der Waals surface area contributed by atoms with E-state index in [0.29, 0.717) is 19.6 Å². The maximum atomic E-state index is 11.9. The number of anilines is 1. The van der Waals surface area contributed by atoms with E-state index >= 15 is 0 Å². The number of carbonyl (C=O) groups is 1. The summed E-state index contributed by atoms with van der Waals surface area (Å²) in [6.45, 7) is 1.89. The predicted molar refractivity (Wildman–Crippen MR) is 70.5 cm³/mol. The van der Waals surface area contributed by atoms with Gasteiger partial charge in [0.2, 0.25) is 0 Å². The van der Waals surface area contributed by atoms with Gasteiger partial charge in [-0.3, -0.25) is 4.79 Å². The summed E-state index contributed by atoms with van der Waals surface area (Å²) in [7, 11) is 0. The normalized spacial score (nSPS) is 14.3. The summed E-state index contributed by atoms with van der Waals surface area (Å²) in [5.74, 6) is 0.744. The molecule has 18 heavy (non-hydrogen) atoms. The maximum Gasteiger partial charge on any atom is 0.265 e. The third kappa shape index (κ3) is 2.63. The van der Waals surface area contributed by atoms with Gasteiger partial charge in [-0.2, -0.15) is 0 Å². The van der Waals surface area contributed by atoms with Crippen molar-refractivity contribution in [2.75, 3.05) is 24.6 Å². The Labute approximate surface area is 107 Å². The van der Waals surface area contributed by atoms with Gasteiger partial charge in [0.15, 0.2) is 6.61 Å². The lowest BCUT2D eigenvalue weighted by atomic mass is 10.1. The SMILES string of the molecule is NCCCCN1C(=O)COc2ccc(CN)cc21. The number of hydrogen-bond acceptors (Lipinski definition) is 4. The second-order valence-electron chi connectivity index (χ2n) is 4.34. The van der Waals surface area contributed by atoms with Crippen LogP contribution in [-0.4, -0.2) is 25.6 Å². The fourth-order valence-corrected chi connectivity index (χ4v) is 2.03. The summed E-state index contributed by atoms with van der Waals surface area (Å²) in [4.78, 5) is 13.7. The largest absolute Gasteiger partial charge is 0.482 e. The van der Waals surface area contributed by atoms with E-state index in [-0.39, 0.29) is 12.5 Å². The van der Waals surface area contributed by atoms with Crippen LogP contribution in [0.1, 0.15) is 18.4 Å². The summed E-state index contributed by atoms with van der Waals surface area (Å²) in [5, 5.41) is 0. The number of hydrogen-bond donors (Lipinski definition) is 2. The minimum absolute atomic E-state index is 0.00584. The summed E-state index contributed by atoms with van der Waals surface area (Å²) in [6, 6.07) is 5.72. The Balaban J connectivity index is 2.21. The molecule has 5 heteroatoms. The molecular weight excluding hydrogens is 230 g/mol. The third-order valence-electron chi connectivity index (χ3n) is 3.04. The van der Waals surface area contributed by atoms with Crippen molar-refractivity contribution in [1.29, 1.82) is 0 Å². The Bertz CT molecular complexity index is 434. The van der Waals surface area contributed by atoms with E-state index in [2.05, 4.69) is 0 Å². The molecule has 0 radical (unpaired) electrons. The van der Waals surface area contributed by atoms with Crippen molar-refractivity contribution in [2.45, 2.75) is 19.4 Å². The number of carbonyl (C=O) groups excluding carboxylic acids is 1. The third-order valence-corrected chi connectivity index (χ3v) is 3.04. The van der Waals surface area contributed by atoms with E-state index in [9.17, 15) is 4.79 Å². The van der Waals surface area contributed by atoms with Crippen LogP contribution in [0.3, 0.4) is 0 Å². The highest BCUT2D eigenvalue weighted by atomic mass is 16.5. The van der Waals surface area contributed by atoms with Crippen LogP contribution in [0.4, 0.5) is 5.69 Å². The van der Waals surface area contributed by atoms with Crippen LogP contribution in [-0.2, 0) is 11.3 Å². The fourth-order valence-electron chi connectivity index (χ4n) is 2.03. The predicted octanol–water partition coefficient (Wildman–Crippen LogP) is 0.610. The smallest absolute Gasteiger partial charge is 0.265 e. The number of benzene rings is 1. The molecule has 0 unspecified atom stereocenters. The zero-order valence-corrected chi connectivity index (χ0v) is 10.4. The van der Waals surface area contributed by atoms with Crippen LogP contribution in [0, 0.1) is 0 Å². The lowest BCUT2D eigenvalue weighted by molar-refractivity contribution is -0.121. The van der Waals surface area contributed by atoms with Gasteiger partial charge in [0.25, 0.3) is 5.91 Å². The molecule has 1 heterocycles. The average Bonchev–Trinajstić information content (AvgIpc) is 2.41. The van der Waals surface area contributed by atoms with Gasteiger partial charge < -0.3 is 21.1 Å². The minimum atomic E-state index is -0.00584. The molecule has 0 spiro atoms. The maximum absolute atomic E-state index is 11.9. The zero-order valence-electron chi connectivity index (χ0n) is 10.4. The molecule has 1 aromatic rings. The van der Waals surface area contributed by atoms with E-state index in [0.717, 1.165) is 29.8 Å². The number of ether oxygens (including phenoxy) is 1. The van der Waals surface area contributed by atoms with Crippen LogP contribution in [0.5, 0.6) is 5.75 Å². The number of nitrogens with zero attached hydrogens (tertiary/aromatic N) is 1. The first-order valence-corrected chi connectivity index (χ1v) is 6.22. The van der Waals surface area contributed by atoms with Gasteiger partial charge in [-0.05, 0) is 37.1 Å². The molecular formula is C13H19N3O2. The Morgan fingerprint density at radius 1 is 1.28 bits per heavy atom. The fraction of sp³-hybridized carbons (Fsp3) is 0.462. The van der Waals surface area contributed by atoms with Gasteiger partial charge in [-0.25, -0.2) is 0 Å². The van der Waals surface area contributed by atoms with Gasteiger partial charge in [-0.1, -0.05) is 6.07 Å². The first-order chi connectivity index (χ1) is 8.76. The molecule has 1 aliphatic rings. The molecule has 98 valence electrons. The topological polar surface area (TPSA) is 81.6 Å². The zero-order chi connectivity index (χ0) is 13.0. The van der Waals surface area contributed by atoms with Crippen LogP contribution in [0.2, 0.25) is 0 Å². The quantitative estimate of drug-likeness (QED) is 0.749. The summed E-state index contributed by atoms with van der Waals surface area (Å²) in [5.41, 5.74) is 12.9. The Hall–Kier alpha value is -1.59. The van der Waals surface area contributed by atoms with E-state index < -0.39 is 0 Å². The van der Waals surface area contributed by atoms with Crippen molar-refractivity contribution < 1.29 is 9.53 Å². The van der Waals surface area contributed by atoms with Gasteiger partial charge in [0.05, 0.1) is 5.69 Å². The van der Waals surface area contributed by atoms with Gasteiger partial charge in [0, 0.05) is 13.1 Å². The molecule has 0 bridgehead atoms. The highest BCUT2D eigenvalue weighted by Gasteiger charge is 2.24. The first-order valence-electron chi connectivity index (χ1n) is 6.22. The second-order valence-corrected chi connectivity index (χ2v) is 4.34. The molecule has 2 rings (SSSR count). The highest BCUT2D eigenvalue weighted by molar-refractivity contribution is 5.97. The molecule has 0 saturated carbocycles. The summed E-state index contributed by atoms with van der Waals surface area (Å²) < 4.78 is 5.42. The minimum Gasteiger partial charge on any atom is -0.482 e. The molecule has 1 aromatic carbocycles. The Morgan fingerprint density at radius 3 is 2.83 bits per heavy atom. The summed E-state index contributed by atoms with van der Waals surface area (Å²) in [6.07, 6.45) is 1.81. The molecule has 1 amide bonds. The molecule has 0 aromatic heterocycles. The van der Waals surface area contributed by atoms with Gasteiger partial charge >= 0.3 is 0 Å². The van der Waals surface area contributed by atoms with Crippen molar-refractivity contribution in [3.8, 4) is 5.75 Å². The van der Waals surface area contributed by atoms with E-state index in [1.54, 1.807) is 4.90 Å². The number of nitrogens with two attached hydrogens (primary N) is 2. The van der Waals surface area contributed by atoms with Gasteiger partial charge in [-0.15, -0.1) is 0 Å². The lowest BCUT2D eigenvalue weighted by Gasteiger charge is -2.29. The number of fused-ring (bicyclic) bond motifs is 1. The van der Waals surface area contributed by atoms with Crippen molar-refractivity contribution >= 4 is 11.6 Å². The van der Waals surface area contributed by atoms with Crippen LogP contribution < -0.4 is 21.1 Å². The number of amides is 1. The van der Waals surface area contributed by atoms with Crippen molar-refractivity contribution in [1.82, 2.24) is 0 Å². The first kappa shape index (κ1) is 12.9. The molecule has 5 nitrogen and oxygen atoms in total. The van der Waals surface area contributed by atoms with Crippen molar-refractivity contribution in [3.05, 3.63) is 23.8 Å². The molecule has 0 saturated heterocycles. The standard InChI is InChI=1S/C13H19N3O2/c14-5-1-2-6-16-11-7-10(8-15)3-4-12(11)18-9-13(16)17/h3-4,7H,1-2,5-6,8-9,14-15H2. The van der Waals surface area contributed by atoms with Crippen molar-refractivity contribution in [3.63, 3.8) is 0 Å². The Kier molecular flexibility index (Phi) is 4.17. The molecule has 0 fully saturated rings. The Morgan fingerprint density at radius 2 is 2.11 bits per heavy atom. The van der Waals surface area contributed by atoms with Gasteiger partial charge in [0.1, 0.15) is 5.75 Å². The second kappa shape index (κ2) is 5.84. The molecule has 0 atom stereocenters. The molecule has 4 N–H and O–H groups in total. The van der Waals surface area contributed by atoms with E-state index in [1.165, 1.54) is 0 Å². The van der Waals surface area contributed by atoms with E-state index in [1.807, 2.05) is 18.2 Å². The summed E-state index contributed by atoms with van der Waals surface area (Å²) >= 11 is 0. The monoisotopic (exact) mass is 249 g/mol. The van der Waals surface area contributed by atoms with Crippen LogP contribution in [0.25, 0.3) is 0 Å². The number of rotatable bonds is 5. The highest BCUT2D eigenvalue weighted by Crippen LogP contribution is 2.33. The molecule has 0 aliphatic carbocycles. The lowest BCUT2D eigenvalue weighted by Crippen LogP contribution is -2.39. The average molecular weight is 249 g/mol. The number of unbranched alkanes of at least 4 members (excludes halogenated alkanes) is 1.